The highest BCUT2D eigenvalue weighted by molar-refractivity contribution is 5.79. The molecule has 0 radical (unpaired) electrons. The molecule has 2 aliphatic rings. The van der Waals surface area contributed by atoms with Crippen LogP contribution in [0.1, 0.15) is 33.1 Å². The van der Waals surface area contributed by atoms with Gasteiger partial charge < -0.3 is 19.9 Å². The minimum absolute atomic E-state index is 0.167. The van der Waals surface area contributed by atoms with Crippen molar-refractivity contribution in [2.75, 3.05) is 44.2 Å². The van der Waals surface area contributed by atoms with Crippen LogP contribution in [0.4, 0.5) is 5.95 Å². The lowest BCUT2D eigenvalue weighted by Crippen LogP contribution is -2.45. The van der Waals surface area contributed by atoms with E-state index in [0.29, 0.717) is 30.4 Å². The molecule has 1 N–H and O–H groups in total. The molecule has 25 heavy (non-hydrogen) atoms. The third-order valence-corrected chi connectivity index (χ3v) is 4.97. The number of hydrogen-bond donors (Lipinski definition) is 1. The zero-order valence-electron chi connectivity index (χ0n) is 15.3. The van der Waals surface area contributed by atoms with E-state index in [4.69, 9.17) is 4.74 Å². The zero-order valence-corrected chi connectivity index (χ0v) is 15.3. The Morgan fingerprint density at radius 1 is 1.36 bits per heavy atom. The lowest BCUT2D eigenvalue weighted by Gasteiger charge is -2.31. The summed E-state index contributed by atoms with van der Waals surface area (Å²) in [7, 11) is 0. The van der Waals surface area contributed by atoms with Gasteiger partial charge >= 0.3 is 0 Å². The van der Waals surface area contributed by atoms with Crippen LogP contribution in [0.25, 0.3) is 0 Å². The maximum Gasteiger partial charge on any atom is 0.228 e. The topological polar surface area (TPSA) is 70.6 Å². The highest BCUT2D eigenvalue weighted by Gasteiger charge is 2.29. The first-order valence-electron chi connectivity index (χ1n) is 9.40. The van der Waals surface area contributed by atoms with Crippen LogP contribution < -0.4 is 15.0 Å². The van der Waals surface area contributed by atoms with Gasteiger partial charge in [0.25, 0.3) is 0 Å². The first-order valence-corrected chi connectivity index (χ1v) is 9.40. The van der Waals surface area contributed by atoms with E-state index in [2.05, 4.69) is 27.1 Å². The molecule has 1 aromatic rings. The van der Waals surface area contributed by atoms with Gasteiger partial charge in [-0.2, -0.15) is 4.98 Å². The van der Waals surface area contributed by atoms with Crippen LogP contribution in [0, 0.1) is 5.92 Å². The third kappa shape index (κ3) is 4.60. The number of aromatic nitrogens is 2. The summed E-state index contributed by atoms with van der Waals surface area (Å²) in [5.41, 5.74) is 0. The first kappa shape index (κ1) is 17.9. The molecule has 0 saturated carbocycles. The summed E-state index contributed by atoms with van der Waals surface area (Å²) in [5, 5.41) is 3.42. The van der Waals surface area contributed by atoms with Crippen LogP contribution in [-0.2, 0) is 4.79 Å². The summed E-state index contributed by atoms with van der Waals surface area (Å²) in [4.78, 5) is 25.9. The number of nitrogens with zero attached hydrogens (tertiary/aromatic N) is 4. The molecule has 3 rings (SSSR count). The second-order valence-electron chi connectivity index (χ2n) is 6.87. The minimum Gasteiger partial charge on any atom is -0.478 e. The molecule has 2 aliphatic heterocycles. The van der Waals surface area contributed by atoms with Gasteiger partial charge in [0, 0.05) is 50.4 Å². The van der Waals surface area contributed by atoms with Gasteiger partial charge in [-0.25, -0.2) is 4.98 Å². The zero-order chi connectivity index (χ0) is 17.6. The summed E-state index contributed by atoms with van der Waals surface area (Å²) >= 11 is 0. The van der Waals surface area contributed by atoms with Gasteiger partial charge in [0.2, 0.25) is 17.7 Å². The number of anilines is 1. The van der Waals surface area contributed by atoms with Gasteiger partial charge in [-0.3, -0.25) is 4.79 Å². The fourth-order valence-electron chi connectivity index (χ4n) is 3.67. The monoisotopic (exact) mass is 347 g/mol. The Labute approximate surface area is 149 Å². The highest BCUT2D eigenvalue weighted by Crippen LogP contribution is 2.21. The average molecular weight is 347 g/mol. The van der Waals surface area contributed by atoms with Crippen molar-refractivity contribution in [2.24, 2.45) is 5.92 Å². The summed E-state index contributed by atoms with van der Waals surface area (Å²) in [6.45, 7) is 8.82. The maximum absolute atomic E-state index is 12.9. The highest BCUT2D eigenvalue weighted by atomic mass is 16.5. The Morgan fingerprint density at radius 3 is 3.04 bits per heavy atom. The van der Waals surface area contributed by atoms with Crippen LogP contribution in [0.3, 0.4) is 0 Å². The SMILES string of the molecule is CCOc1ccnc(N2CCCN(C(=O)[C@H]3CCN[C@@H](C)C3)CC2)n1. The quantitative estimate of drug-likeness (QED) is 0.885. The first-order chi connectivity index (χ1) is 12.2. The van der Waals surface area contributed by atoms with Crippen molar-refractivity contribution < 1.29 is 9.53 Å². The third-order valence-electron chi connectivity index (χ3n) is 4.97. The van der Waals surface area contributed by atoms with Gasteiger partial charge in [-0.15, -0.1) is 0 Å². The molecule has 1 aromatic heterocycles. The molecule has 0 unspecified atom stereocenters. The molecule has 0 aliphatic carbocycles. The van der Waals surface area contributed by atoms with E-state index in [1.165, 1.54) is 0 Å². The Kier molecular flexibility index (Phi) is 6.07. The van der Waals surface area contributed by atoms with Crippen molar-refractivity contribution in [1.82, 2.24) is 20.2 Å². The number of nitrogens with one attached hydrogen (secondary N) is 1. The van der Waals surface area contributed by atoms with Crippen LogP contribution >= 0.6 is 0 Å². The van der Waals surface area contributed by atoms with E-state index < -0.39 is 0 Å². The molecule has 2 atom stereocenters. The van der Waals surface area contributed by atoms with Gasteiger partial charge in [0.1, 0.15) is 0 Å². The predicted octanol–water partition coefficient (Wildman–Crippen LogP) is 1.30. The van der Waals surface area contributed by atoms with E-state index in [0.717, 1.165) is 52.0 Å². The largest absolute Gasteiger partial charge is 0.478 e. The fraction of sp³-hybridized carbons (Fsp3) is 0.722. The molecular weight excluding hydrogens is 318 g/mol. The number of amides is 1. The van der Waals surface area contributed by atoms with Crippen molar-refractivity contribution in [3.8, 4) is 5.88 Å². The lowest BCUT2D eigenvalue weighted by molar-refractivity contribution is -0.136. The molecule has 138 valence electrons. The van der Waals surface area contributed by atoms with Gasteiger partial charge in [0.05, 0.1) is 6.61 Å². The van der Waals surface area contributed by atoms with Crippen LogP contribution in [0.5, 0.6) is 5.88 Å². The van der Waals surface area contributed by atoms with Gasteiger partial charge in [-0.05, 0) is 39.7 Å². The van der Waals surface area contributed by atoms with Crippen LogP contribution in [0.15, 0.2) is 12.3 Å². The number of piperidine rings is 1. The van der Waals surface area contributed by atoms with Gasteiger partial charge in [0.15, 0.2) is 0 Å². The molecule has 2 saturated heterocycles. The van der Waals surface area contributed by atoms with Crippen molar-refractivity contribution in [3.63, 3.8) is 0 Å². The second-order valence-corrected chi connectivity index (χ2v) is 6.87. The summed E-state index contributed by atoms with van der Waals surface area (Å²) < 4.78 is 5.47. The Morgan fingerprint density at radius 2 is 2.24 bits per heavy atom. The standard InChI is InChI=1S/C18H29N5O2/c1-3-25-16-6-8-20-18(21-16)23-10-4-9-22(11-12-23)17(24)15-5-7-19-14(2)13-15/h6,8,14-15,19H,3-5,7,9-13H2,1-2H3/t14-,15-/m0/s1. The van der Waals surface area contributed by atoms with Crippen molar-refractivity contribution in [2.45, 2.75) is 39.2 Å². The summed E-state index contributed by atoms with van der Waals surface area (Å²) in [5.74, 6) is 1.78. The molecule has 7 nitrogen and oxygen atoms in total. The lowest BCUT2D eigenvalue weighted by atomic mass is 9.92. The fourth-order valence-corrected chi connectivity index (χ4v) is 3.67. The maximum atomic E-state index is 12.9. The number of hydrogen-bond acceptors (Lipinski definition) is 6. The van der Waals surface area contributed by atoms with E-state index in [9.17, 15) is 4.79 Å². The molecule has 1 amide bonds. The van der Waals surface area contributed by atoms with E-state index in [1.807, 2.05) is 11.8 Å². The minimum atomic E-state index is 0.167. The molecule has 3 heterocycles. The molecule has 0 aromatic carbocycles. The van der Waals surface area contributed by atoms with E-state index in [-0.39, 0.29) is 5.92 Å². The average Bonchev–Trinajstić information content (AvgIpc) is 2.88. The van der Waals surface area contributed by atoms with E-state index in [1.54, 1.807) is 12.3 Å². The Hall–Kier alpha value is -1.89. The van der Waals surface area contributed by atoms with Crippen LogP contribution in [0.2, 0.25) is 0 Å². The number of rotatable bonds is 4. The number of carbonyl (C=O) groups is 1. The molecular formula is C18H29N5O2. The molecule has 0 spiro atoms. The number of ether oxygens (including phenoxy) is 1. The van der Waals surface area contributed by atoms with Crippen molar-refractivity contribution >= 4 is 11.9 Å². The van der Waals surface area contributed by atoms with Crippen molar-refractivity contribution in [1.29, 1.82) is 0 Å². The Balaban J connectivity index is 1.60. The summed E-state index contributed by atoms with van der Waals surface area (Å²) in [6, 6.07) is 2.21. The molecule has 0 bridgehead atoms. The van der Waals surface area contributed by atoms with E-state index >= 15 is 0 Å². The van der Waals surface area contributed by atoms with Gasteiger partial charge in [-0.1, -0.05) is 0 Å². The van der Waals surface area contributed by atoms with Crippen molar-refractivity contribution in [3.05, 3.63) is 12.3 Å². The summed E-state index contributed by atoms with van der Waals surface area (Å²) in [6.07, 6.45) is 4.56. The number of carbonyl (C=O) groups excluding carboxylic acids is 1. The second kappa shape index (κ2) is 8.47. The Bertz CT molecular complexity index is 582. The predicted molar refractivity (Wildman–Crippen MR) is 96.8 cm³/mol. The normalized spacial score (nSPS) is 24.7. The molecule has 2 fully saturated rings. The smallest absolute Gasteiger partial charge is 0.228 e. The molecule has 7 heteroatoms. The van der Waals surface area contributed by atoms with Crippen LogP contribution in [-0.4, -0.2) is 66.1 Å².